The first-order valence-electron chi connectivity index (χ1n) is 7.00. The maximum absolute atomic E-state index is 11.8. The Morgan fingerprint density at radius 1 is 1.24 bits per heavy atom. The van der Waals surface area contributed by atoms with Gasteiger partial charge in [0, 0.05) is 25.8 Å². The topological polar surface area (TPSA) is 71.2 Å². The van der Waals surface area contributed by atoms with E-state index in [4.69, 9.17) is 5.73 Å². The molecule has 1 amide bonds. The van der Waals surface area contributed by atoms with Gasteiger partial charge in [0.25, 0.3) is 5.91 Å². The molecule has 7 heteroatoms. The zero-order valence-electron chi connectivity index (χ0n) is 12.1. The molecule has 1 aromatic rings. The van der Waals surface area contributed by atoms with Gasteiger partial charge in [-0.25, -0.2) is 4.98 Å². The molecule has 0 saturated carbocycles. The SMILES string of the molecule is Cl.Cl.NCCCCNC(=O)c1ccc(N2CCCC2)nc1. The number of amides is 1. The molecule has 1 aromatic heterocycles. The Balaban J connectivity index is 0.00000200. The van der Waals surface area contributed by atoms with Gasteiger partial charge >= 0.3 is 0 Å². The molecule has 0 spiro atoms. The van der Waals surface area contributed by atoms with E-state index in [0.717, 1.165) is 31.7 Å². The van der Waals surface area contributed by atoms with Crippen molar-refractivity contribution in [2.45, 2.75) is 25.7 Å². The minimum Gasteiger partial charge on any atom is -0.357 e. The number of anilines is 1. The van der Waals surface area contributed by atoms with E-state index in [9.17, 15) is 4.79 Å². The maximum Gasteiger partial charge on any atom is 0.252 e. The molecule has 1 aliphatic heterocycles. The third-order valence-electron chi connectivity index (χ3n) is 3.36. The highest BCUT2D eigenvalue weighted by Crippen LogP contribution is 2.17. The number of rotatable bonds is 6. The first-order chi connectivity index (χ1) is 9.31. The van der Waals surface area contributed by atoms with Gasteiger partial charge in [-0.15, -0.1) is 24.8 Å². The molecule has 2 heterocycles. The molecule has 0 radical (unpaired) electrons. The lowest BCUT2D eigenvalue weighted by molar-refractivity contribution is 0.0952. The van der Waals surface area contributed by atoms with E-state index in [2.05, 4.69) is 15.2 Å². The third-order valence-corrected chi connectivity index (χ3v) is 3.36. The Labute approximate surface area is 138 Å². The third kappa shape index (κ3) is 6.08. The first kappa shape index (κ1) is 20.0. The quantitative estimate of drug-likeness (QED) is 0.780. The lowest BCUT2D eigenvalue weighted by Crippen LogP contribution is -2.25. The van der Waals surface area contributed by atoms with Gasteiger partial charge in [-0.2, -0.15) is 0 Å². The standard InChI is InChI=1S/C14H22N4O.2ClH/c15-7-1-2-8-16-14(19)12-5-6-13(17-11-12)18-9-3-4-10-18;;/h5-6,11H,1-4,7-10,15H2,(H,16,19);2*1H. The Morgan fingerprint density at radius 2 is 1.95 bits per heavy atom. The van der Waals surface area contributed by atoms with Crippen LogP contribution in [0.5, 0.6) is 0 Å². The summed E-state index contributed by atoms with van der Waals surface area (Å²) in [7, 11) is 0. The van der Waals surface area contributed by atoms with Crippen molar-refractivity contribution in [3.05, 3.63) is 23.9 Å². The molecule has 1 fully saturated rings. The fraction of sp³-hybridized carbons (Fsp3) is 0.571. The number of halogens is 2. The van der Waals surface area contributed by atoms with Crippen molar-refractivity contribution < 1.29 is 4.79 Å². The highest BCUT2D eigenvalue weighted by Gasteiger charge is 2.14. The minimum atomic E-state index is -0.0579. The van der Waals surface area contributed by atoms with Crippen LogP contribution < -0.4 is 16.0 Å². The van der Waals surface area contributed by atoms with E-state index in [0.29, 0.717) is 18.7 Å². The van der Waals surface area contributed by atoms with E-state index in [1.54, 1.807) is 6.20 Å². The summed E-state index contributed by atoms with van der Waals surface area (Å²) in [5.41, 5.74) is 6.03. The van der Waals surface area contributed by atoms with E-state index < -0.39 is 0 Å². The Bertz CT molecular complexity index is 408. The molecular formula is C14H24Cl2N4O. The fourth-order valence-corrected chi connectivity index (χ4v) is 2.23. The molecule has 0 aromatic carbocycles. The number of nitrogens with zero attached hydrogens (tertiary/aromatic N) is 2. The summed E-state index contributed by atoms with van der Waals surface area (Å²) in [6.45, 7) is 3.47. The number of pyridine rings is 1. The van der Waals surface area contributed by atoms with Gasteiger partial charge < -0.3 is 16.0 Å². The zero-order valence-corrected chi connectivity index (χ0v) is 13.7. The molecule has 0 unspecified atom stereocenters. The van der Waals surface area contributed by atoms with Crippen molar-refractivity contribution in [3.8, 4) is 0 Å². The van der Waals surface area contributed by atoms with Crippen LogP contribution >= 0.6 is 24.8 Å². The molecule has 2 rings (SSSR count). The van der Waals surface area contributed by atoms with E-state index in [1.807, 2.05) is 12.1 Å². The Hall–Kier alpha value is -1.04. The average Bonchev–Trinajstić information content (AvgIpc) is 2.98. The predicted octanol–water partition coefficient (Wildman–Crippen LogP) is 1.99. The van der Waals surface area contributed by atoms with Gasteiger partial charge in [0.15, 0.2) is 0 Å². The van der Waals surface area contributed by atoms with Crippen LogP contribution in [0.3, 0.4) is 0 Å². The van der Waals surface area contributed by atoms with E-state index >= 15 is 0 Å². The minimum absolute atomic E-state index is 0. The number of aromatic nitrogens is 1. The molecule has 21 heavy (non-hydrogen) atoms. The van der Waals surface area contributed by atoms with E-state index in [-0.39, 0.29) is 30.7 Å². The molecule has 5 nitrogen and oxygen atoms in total. The van der Waals surface area contributed by atoms with Crippen molar-refractivity contribution in [2.24, 2.45) is 5.73 Å². The summed E-state index contributed by atoms with van der Waals surface area (Å²) in [5, 5.41) is 2.87. The molecular weight excluding hydrogens is 311 g/mol. The van der Waals surface area contributed by atoms with Crippen molar-refractivity contribution in [1.82, 2.24) is 10.3 Å². The van der Waals surface area contributed by atoms with Crippen LogP contribution in [-0.2, 0) is 0 Å². The van der Waals surface area contributed by atoms with Crippen LogP contribution in [0, 0.1) is 0 Å². The average molecular weight is 335 g/mol. The summed E-state index contributed by atoms with van der Waals surface area (Å²) >= 11 is 0. The summed E-state index contributed by atoms with van der Waals surface area (Å²) in [6, 6.07) is 3.78. The predicted molar refractivity (Wildman–Crippen MR) is 90.8 cm³/mol. The Kier molecular flexibility index (Phi) is 10.1. The number of carbonyl (C=O) groups excluding carboxylic acids is 1. The molecule has 3 N–H and O–H groups in total. The number of carbonyl (C=O) groups is 1. The number of nitrogens with two attached hydrogens (primary N) is 1. The second-order valence-corrected chi connectivity index (χ2v) is 4.85. The van der Waals surface area contributed by atoms with Gasteiger partial charge in [0.1, 0.15) is 5.82 Å². The number of hydrogen-bond donors (Lipinski definition) is 2. The van der Waals surface area contributed by atoms with Crippen molar-refractivity contribution in [3.63, 3.8) is 0 Å². The Morgan fingerprint density at radius 3 is 2.52 bits per heavy atom. The molecule has 0 atom stereocenters. The van der Waals surface area contributed by atoms with Gasteiger partial charge in [-0.3, -0.25) is 4.79 Å². The van der Waals surface area contributed by atoms with Gasteiger partial charge in [-0.1, -0.05) is 0 Å². The first-order valence-corrected chi connectivity index (χ1v) is 7.00. The van der Waals surface area contributed by atoms with Gasteiger partial charge in [-0.05, 0) is 44.4 Å². The van der Waals surface area contributed by atoms with Gasteiger partial charge in [0.05, 0.1) is 5.56 Å². The highest BCUT2D eigenvalue weighted by atomic mass is 35.5. The normalized spacial score (nSPS) is 13.3. The van der Waals surface area contributed by atoms with Crippen LogP contribution in [0.15, 0.2) is 18.3 Å². The van der Waals surface area contributed by atoms with Crippen LogP contribution in [0.1, 0.15) is 36.0 Å². The second-order valence-electron chi connectivity index (χ2n) is 4.85. The van der Waals surface area contributed by atoms with Crippen LogP contribution in [0.2, 0.25) is 0 Å². The van der Waals surface area contributed by atoms with Gasteiger partial charge in [0.2, 0.25) is 0 Å². The lowest BCUT2D eigenvalue weighted by atomic mass is 10.2. The number of unbranched alkanes of at least 4 members (excludes halogenated alkanes) is 1. The summed E-state index contributed by atoms with van der Waals surface area (Å²) < 4.78 is 0. The second kappa shape index (κ2) is 10.7. The van der Waals surface area contributed by atoms with Crippen molar-refractivity contribution in [1.29, 1.82) is 0 Å². The maximum atomic E-state index is 11.8. The molecule has 0 bridgehead atoms. The highest BCUT2D eigenvalue weighted by molar-refractivity contribution is 5.94. The fourth-order valence-electron chi connectivity index (χ4n) is 2.23. The van der Waals surface area contributed by atoms with E-state index in [1.165, 1.54) is 12.8 Å². The monoisotopic (exact) mass is 334 g/mol. The molecule has 1 aliphatic rings. The number of hydrogen-bond acceptors (Lipinski definition) is 4. The zero-order chi connectivity index (χ0) is 13.5. The molecule has 1 saturated heterocycles. The molecule has 120 valence electrons. The molecule has 0 aliphatic carbocycles. The van der Waals surface area contributed by atoms with Crippen LogP contribution in [0.4, 0.5) is 5.82 Å². The van der Waals surface area contributed by atoms with Crippen molar-refractivity contribution >= 4 is 36.5 Å². The summed E-state index contributed by atoms with van der Waals surface area (Å²) in [4.78, 5) is 18.5. The number of nitrogens with one attached hydrogen (secondary N) is 1. The summed E-state index contributed by atoms with van der Waals surface area (Å²) in [5.74, 6) is 0.912. The van der Waals surface area contributed by atoms with Crippen LogP contribution in [0.25, 0.3) is 0 Å². The largest absolute Gasteiger partial charge is 0.357 e. The lowest BCUT2D eigenvalue weighted by Gasteiger charge is -2.16. The summed E-state index contributed by atoms with van der Waals surface area (Å²) in [6.07, 6.45) is 5.97. The smallest absolute Gasteiger partial charge is 0.252 e. The van der Waals surface area contributed by atoms with Crippen LogP contribution in [-0.4, -0.2) is 37.1 Å². The van der Waals surface area contributed by atoms with Crippen molar-refractivity contribution in [2.75, 3.05) is 31.1 Å².